The molecule has 10 heteroatoms. The number of rotatable bonds is 9. The van der Waals surface area contributed by atoms with Gasteiger partial charge in [0, 0.05) is 18.3 Å². The van der Waals surface area contributed by atoms with E-state index >= 15 is 0 Å². The van der Waals surface area contributed by atoms with Gasteiger partial charge in [-0.2, -0.15) is 15.3 Å². The summed E-state index contributed by atoms with van der Waals surface area (Å²) in [6.45, 7) is -0.299. The van der Waals surface area contributed by atoms with E-state index < -0.39 is 23.8 Å². The summed E-state index contributed by atoms with van der Waals surface area (Å²) in [7, 11) is 1.75. The quantitative estimate of drug-likeness (QED) is 0.348. The van der Waals surface area contributed by atoms with Crippen molar-refractivity contribution in [3.8, 4) is 6.19 Å². The maximum atomic E-state index is 12.4. The Bertz CT molecular complexity index is 1010. The Labute approximate surface area is 179 Å². The van der Waals surface area contributed by atoms with E-state index in [1.807, 2.05) is 6.19 Å². The van der Waals surface area contributed by atoms with E-state index in [9.17, 15) is 14.4 Å². The van der Waals surface area contributed by atoms with Crippen LogP contribution in [0.15, 0.2) is 54.6 Å². The van der Waals surface area contributed by atoms with Crippen molar-refractivity contribution >= 4 is 23.5 Å². The first-order chi connectivity index (χ1) is 14.9. The Hall–Kier alpha value is -4.10. The van der Waals surface area contributed by atoms with E-state index in [0.29, 0.717) is 16.8 Å². The minimum Gasteiger partial charge on any atom is -0.481 e. The lowest BCUT2D eigenvalue weighted by atomic mass is 10.0. The van der Waals surface area contributed by atoms with Crippen LogP contribution in [-0.4, -0.2) is 52.8 Å². The highest BCUT2D eigenvalue weighted by molar-refractivity contribution is 5.97. The number of nitrogens with zero attached hydrogens (tertiary/aromatic N) is 3. The second-order valence-electron chi connectivity index (χ2n) is 6.93. The molecular weight excluding hydrogens is 400 g/mol. The number of hydrogen-bond acceptors (Lipinski definition) is 7. The molecule has 2 aromatic carbocycles. The number of amides is 2. The third-order valence-electron chi connectivity index (χ3n) is 4.72. The molecule has 2 aromatic rings. The van der Waals surface area contributed by atoms with Crippen LogP contribution in [0.3, 0.4) is 0 Å². The van der Waals surface area contributed by atoms with Crippen LogP contribution in [0.4, 0.5) is 5.69 Å². The number of carbonyl (C=O) groups excluding carboxylic acids is 2. The average molecular weight is 422 g/mol. The van der Waals surface area contributed by atoms with Gasteiger partial charge in [0.1, 0.15) is 0 Å². The molecule has 2 amide bonds. The van der Waals surface area contributed by atoms with Crippen molar-refractivity contribution in [2.24, 2.45) is 0 Å². The largest absolute Gasteiger partial charge is 0.481 e. The molecule has 4 N–H and O–H groups in total. The fourth-order valence-corrected chi connectivity index (χ4v) is 3.05. The number of nitriles is 1. The minimum atomic E-state index is -1.04. The monoisotopic (exact) mass is 422 g/mol. The Morgan fingerprint density at radius 3 is 2.55 bits per heavy atom. The van der Waals surface area contributed by atoms with Gasteiger partial charge < -0.3 is 21.1 Å². The number of hydrogen-bond donors (Lipinski definition) is 4. The van der Waals surface area contributed by atoms with Crippen LogP contribution in [-0.2, 0) is 9.59 Å². The molecule has 0 aromatic heterocycles. The molecule has 0 spiro atoms. The third kappa shape index (κ3) is 5.71. The first kappa shape index (κ1) is 21.6. The summed E-state index contributed by atoms with van der Waals surface area (Å²) < 4.78 is 0. The minimum absolute atomic E-state index is 0.266. The lowest BCUT2D eigenvalue weighted by Crippen LogP contribution is -2.39. The molecule has 1 saturated heterocycles. The fraction of sp³-hybridized carbons (Fsp3) is 0.238. The molecule has 10 nitrogen and oxygen atoms in total. The SMILES string of the molecule is CN1C(Nc2cccc(C(=O)NCC(=O)NC(CC(=O)O)c3ccccc3)c2)N1C#N. The van der Waals surface area contributed by atoms with Gasteiger partial charge in [0.2, 0.25) is 5.91 Å². The zero-order chi connectivity index (χ0) is 22.4. The van der Waals surface area contributed by atoms with Crippen LogP contribution in [0, 0.1) is 11.5 Å². The fourth-order valence-electron chi connectivity index (χ4n) is 3.05. The molecule has 0 saturated carbocycles. The van der Waals surface area contributed by atoms with Crippen molar-refractivity contribution in [3.05, 3.63) is 65.7 Å². The van der Waals surface area contributed by atoms with Gasteiger partial charge in [-0.3, -0.25) is 14.4 Å². The Kier molecular flexibility index (Phi) is 6.69. The summed E-state index contributed by atoms with van der Waals surface area (Å²) in [6.07, 6.45) is 1.47. The summed E-state index contributed by atoms with van der Waals surface area (Å²) in [4.78, 5) is 35.9. The molecule has 0 radical (unpaired) electrons. The summed E-state index contributed by atoms with van der Waals surface area (Å²) in [5.74, 6) is -1.99. The highest BCUT2D eigenvalue weighted by Crippen LogP contribution is 2.24. The van der Waals surface area contributed by atoms with Crippen LogP contribution in [0.5, 0.6) is 0 Å². The van der Waals surface area contributed by atoms with E-state index in [1.54, 1.807) is 66.7 Å². The number of carboxylic acids is 1. The van der Waals surface area contributed by atoms with Crippen molar-refractivity contribution in [3.63, 3.8) is 0 Å². The standard InChI is InChI=1S/C21H22N6O4/c1-26-21(27(26)13-22)24-16-9-5-8-15(10-16)20(31)23-12-18(28)25-17(11-19(29)30)14-6-3-2-4-7-14/h2-10,17,21,24H,11-12H2,1H3,(H,23,31)(H,25,28)(H,29,30). The van der Waals surface area contributed by atoms with Crippen molar-refractivity contribution in [2.75, 3.05) is 18.9 Å². The molecule has 0 bridgehead atoms. The maximum Gasteiger partial charge on any atom is 0.305 e. The normalized spacial score (nSPS) is 17.7. The summed E-state index contributed by atoms with van der Waals surface area (Å²) in [6, 6.07) is 14.8. The van der Waals surface area contributed by atoms with E-state index in [4.69, 9.17) is 10.4 Å². The van der Waals surface area contributed by atoms with Crippen LogP contribution >= 0.6 is 0 Å². The van der Waals surface area contributed by atoms with E-state index in [-0.39, 0.29) is 19.3 Å². The highest BCUT2D eigenvalue weighted by Gasteiger charge is 2.41. The molecule has 3 rings (SSSR count). The third-order valence-corrected chi connectivity index (χ3v) is 4.72. The van der Waals surface area contributed by atoms with Crippen molar-refractivity contribution in [1.29, 1.82) is 5.26 Å². The van der Waals surface area contributed by atoms with Crippen molar-refractivity contribution in [2.45, 2.75) is 18.8 Å². The number of anilines is 1. The van der Waals surface area contributed by atoms with Gasteiger partial charge in [0.15, 0.2) is 12.5 Å². The van der Waals surface area contributed by atoms with E-state index in [0.717, 1.165) is 0 Å². The molecule has 3 atom stereocenters. The van der Waals surface area contributed by atoms with Gasteiger partial charge in [-0.05, 0) is 23.8 Å². The Morgan fingerprint density at radius 2 is 1.90 bits per heavy atom. The Morgan fingerprint density at radius 1 is 1.16 bits per heavy atom. The zero-order valence-corrected chi connectivity index (χ0v) is 16.8. The zero-order valence-electron chi connectivity index (χ0n) is 16.8. The molecule has 1 fully saturated rings. The smallest absolute Gasteiger partial charge is 0.305 e. The summed E-state index contributed by atoms with van der Waals surface area (Å²) in [5, 5.41) is 29.5. The lowest BCUT2D eigenvalue weighted by molar-refractivity contribution is -0.137. The number of aliphatic carboxylic acids is 1. The van der Waals surface area contributed by atoms with Crippen LogP contribution < -0.4 is 16.0 Å². The van der Waals surface area contributed by atoms with Gasteiger partial charge in [-0.1, -0.05) is 36.4 Å². The molecule has 1 aliphatic heterocycles. The first-order valence-electron chi connectivity index (χ1n) is 9.51. The molecule has 1 heterocycles. The number of hydrazine groups is 1. The van der Waals surface area contributed by atoms with Gasteiger partial charge in [-0.25, -0.2) is 0 Å². The van der Waals surface area contributed by atoms with Crippen LogP contribution in [0.25, 0.3) is 0 Å². The Balaban J connectivity index is 1.55. The maximum absolute atomic E-state index is 12.4. The second-order valence-corrected chi connectivity index (χ2v) is 6.93. The topological polar surface area (TPSA) is 137 Å². The molecule has 1 aliphatic rings. The summed E-state index contributed by atoms with van der Waals surface area (Å²) in [5.41, 5.74) is 1.66. The van der Waals surface area contributed by atoms with Crippen LogP contribution in [0.2, 0.25) is 0 Å². The highest BCUT2D eigenvalue weighted by atomic mass is 16.4. The predicted octanol–water partition coefficient (Wildman–Crippen LogP) is 1.09. The van der Waals surface area contributed by atoms with Gasteiger partial charge in [0.25, 0.3) is 5.91 Å². The molecule has 3 unspecified atom stereocenters. The van der Waals surface area contributed by atoms with Gasteiger partial charge in [0.05, 0.1) is 19.0 Å². The number of carbonyl (C=O) groups is 3. The first-order valence-corrected chi connectivity index (χ1v) is 9.51. The molecule has 31 heavy (non-hydrogen) atoms. The lowest BCUT2D eigenvalue weighted by Gasteiger charge is -2.17. The van der Waals surface area contributed by atoms with E-state index in [2.05, 4.69) is 16.0 Å². The number of carboxylic acid groups (broad SMARTS) is 1. The summed E-state index contributed by atoms with van der Waals surface area (Å²) >= 11 is 0. The van der Waals surface area contributed by atoms with Gasteiger partial charge in [-0.15, -0.1) is 0 Å². The molecular formula is C21H22N6O4. The van der Waals surface area contributed by atoms with Crippen LogP contribution in [0.1, 0.15) is 28.4 Å². The number of benzene rings is 2. The second kappa shape index (κ2) is 9.60. The van der Waals surface area contributed by atoms with Crippen molar-refractivity contribution in [1.82, 2.24) is 20.7 Å². The average Bonchev–Trinajstić information content (AvgIpc) is 3.39. The number of nitrogens with one attached hydrogen (secondary N) is 3. The molecule has 0 aliphatic carbocycles. The molecule has 160 valence electrons. The van der Waals surface area contributed by atoms with E-state index in [1.165, 1.54) is 5.01 Å². The predicted molar refractivity (Wildman–Crippen MR) is 111 cm³/mol. The van der Waals surface area contributed by atoms with Gasteiger partial charge >= 0.3 is 5.97 Å². The van der Waals surface area contributed by atoms with Crippen molar-refractivity contribution < 1.29 is 19.5 Å².